The van der Waals surface area contributed by atoms with Gasteiger partial charge in [-0.05, 0) is 31.6 Å². The molecule has 13 heteroatoms. The maximum Gasteiger partial charge on any atom is 0.310 e. The summed E-state index contributed by atoms with van der Waals surface area (Å²) in [7, 11) is 1.69. The van der Waals surface area contributed by atoms with Crippen molar-refractivity contribution in [2.45, 2.75) is 66.3 Å². The third-order valence-corrected chi connectivity index (χ3v) is 6.78. The smallest absolute Gasteiger partial charge is 0.310 e. The number of aliphatic carboxylic acids is 1. The van der Waals surface area contributed by atoms with Gasteiger partial charge in [0.1, 0.15) is 19.0 Å². The number of ether oxygens (including phenoxy) is 2. The Morgan fingerprint density at radius 3 is 2.54 bits per heavy atom. The van der Waals surface area contributed by atoms with Crippen LogP contribution < -0.4 is 10.6 Å². The zero-order chi connectivity index (χ0) is 28.9. The first kappa shape index (κ1) is 30.2. The zero-order valence-electron chi connectivity index (χ0n) is 23.3. The van der Waals surface area contributed by atoms with Crippen LogP contribution in [0.4, 0.5) is 16.2 Å². The number of amides is 1. The number of nitrogens with one attached hydrogen (secondary N) is 2. The summed E-state index contributed by atoms with van der Waals surface area (Å²) < 4.78 is 27.6. The lowest BCUT2D eigenvalue weighted by molar-refractivity contribution is -0.156. The zero-order valence-corrected chi connectivity index (χ0v) is 23.3. The number of fused-ring (bicyclic) bond motifs is 1. The van der Waals surface area contributed by atoms with Gasteiger partial charge in [-0.1, -0.05) is 27.7 Å². The Hall–Kier alpha value is -3.35. The van der Waals surface area contributed by atoms with Crippen molar-refractivity contribution in [2.24, 2.45) is 29.6 Å². The number of imidazole rings is 1. The molecule has 39 heavy (non-hydrogen) atoms. The van der Waals surface area contributed by atoms with Gasteiger partial charge in [0.05, 0.1) is 24.8 Å². The third kappa shape index (κ3) is 7.61. The van der Waals surface area contributed by atoms with Crippen molar-refractivity contribution in [3.8, 4) is 0 Å². The summed E-state index contributed by atoms with van der Waals surface area (Å²) in [4.78, 5) is 49.4. The van der Waals surface area contributed by atoms with E-state index in [1.165, 1.54) is 6.92 Å². The number of carbonyl (C=O) groups is 3. The number of hydrogen-bond donors (Lipinski definition) is 3. The molecule has 1 aliphatic rings. The Morgan fingerprint density at radius 2 is 1.95 bits per heavy atom. The van der Waals surface area contributed by atoms with Crippen LogP contribution in [0.3, 0.4) is 0 Å². The van der Waals surface area contributed by atoms with Gasteiger partial charge in [-0.3, -0.25) is 24.3 Å². The van der Waals surface area contributed by atoms with Gasteiger partial charge in [-0.15, -0.1) is 0 Å². The number of aromatic nitrogens is 4. The summed E-state index contributed by atoms with van der Waals surface area (Å²) in [6.07, 6.45) is 0.709. The number of esters is 1. The molecule has 5 atom stereocenters. The number of rotatable bonds is 13. The third-order valence-electron chi connectivity index (χ3n) is 6.78. The molecule has 3 heterocycles. The Labute approximate surface area is 227 Å². The van der Waals surface area contributed by atoms with E-state index in [0.717, 1.165) is 0 Å². The summed E-state index contributed by atoms with van der Waals surface area (Å²) >= 11 is 0. The number of carboxylic acid groups (broad SMARTS) is 1. The van der Waals surface area contributed by atoms with Crippen molar-refractivity contribution < 1.29 is 33.4 Å². The maximum atomic E-state index is 14.7. The molecule has 1 aliphatic heterocycles. The predicted octanol–water partition coefficient (Wildman–Crippen LogP) is 3.65. The van der Waals surface area contributed by atoms with Gasteiger partial charge in [-0.2, -0.15) is 9.97 Å². The lowest BCUT2D eigenvalue weighted by atomic mass is 9.81. The summed E-state index contributed by atoms with van der Waals surface area (Å²) in [5.74, 6) is -3.77. The first-order valence-electron chi connectivity index (χ1n) is 13.3. The molecular formula is C26H39FN6O6. The molecule has 12 nitrogen and oxygen atoms in total. The standard InChI is InChI=1S/C26H39FN6O6/c1-13(2)7-19(34)30-26-31-22(28-6)21-23(32-26)33(12-29-21)20-9-16(10-38-20)8-17(15(5)27)18(24(35)36)11-39-25(37)14(3)4/h12-18,20H,7-11H2,1-6H3,(H,35,36)(H2,28,30,31,32,34)/t15-,16?,17+,18+,20-/m1/s1. The normalized spacial score (nSPS) is 19.7. The Balaban J connectivity index is 1.77. The number of anilines is 2. The summed E-state index contributed by atoms with van der Waals surface area (Å²) in [5.41, 5.74) is 0.957. The van der Waals surface area contributed by atoms with E-state index in [2.05, 4.69) is 25.6 Å². The number of carbonyl (C=O) groups excluding carboxylic acids is 2. The number of hydrogen-bond acceptors (Lipinski definition) is 9. The molecule has 0 radical (unpaired) electrons. The second-order valence-corrected chi connectivity index (χ2v) is 10.8. The van der Waals surface area contributed by atoms with Crippen molar-refractivity contribution in [2.75, 3.05) is 30.9 Å². The van der Waals surface area contributed by atoms with E-state index in [1.54, 1.807) is 31.8 Å². The maximum absolute atomic E-state index is 14.7. The summed E-state index contributed by atoms with van der Waals surface area (Å²) in [5, 5.41) is 15.5. The molecule has 0 spiro atoms. The van der Waals surface area contributed by atoms with Crippen LogP contribution in [-0.2, 0) is 23.9 Å². The molecule has 0 aliphatic carbocycles. The van der Waals surface area contributed by atoms with Gasteiger partial charge in [-0.25, -0.2) is 9.37 Å². The highest BCUT2D eigenvalue weighted by Gasteiger charge is 2.38. The minimum Gasteiger partial charge on any atom is -0.481 e. The molecule has 216 valence electrons. The molecule has 3 N–H and O–H groups in total. The van der Waals surface area contributed by atoms with Crippen molar-refractivity contribution in [1.29, 1.82) is 0 Å². The largest absolute Gasteiger partial charge is 0.481 e. The van der Waals surface area contributed by atoms with E-state index in [1.807, 2.05) is 13.8 Å². The van der Waals surface area contributed by atoms with Crippen LogP contribution in [-0.4, -0.2) is 68.9 Å². The molecule has 1 unspecified atom stereocenters. The Kier molecular flexibility index (Phi) is 10.2. The molecule has 1 amide bonds. The first-order chi connectivity index (χ1) is 18.4. The van der Waals surface area contributed by atoms with Gasteiger partial charge >= 0.3 is 11.9 Å². The fourth-order valence-electron chi connectivity index (χ4n) is 4.70. The quantitative estimate of drug-likeness (QED) is 0.314. The van der Waals surface area contributed by atoms with Crippen LogP contribution in [0, 0.1) is 29.6 Å². The summed E-state index contributed by atoms with van der Waals surface area (Å²) in [6.45, 7) is 8.41. The van der Waals surface area contributed by atoms with Gasteiger partial charge in [0, 0.05) is 19.4 Å². The van der Waals surface area contributed by atoms with Gasteiger partial charge < -0.3 is 19.9 Å². The van der Waals surface area contributed by atoms with E-state index < -0.39 is 42.1 Å². The van der Waals surface area contributed by atoms with Crippen LogP contribution in [0.5, 0.6) is 0 Å². The van der Waals surface area contributed by atoms with Crippen LogP contribution in [0.2, 0.25) is 0 Å². The highest BCUT2D eigenvalue weighted by atomic mass is 19.1. The number of alkyl halides is 1. The first-order valence-corrected chi connectivity index (χ1v) is 13.3. The molecule has 1 saturated heterocycles. The minimum atomic E-state index is -1.43. The monoisotopic (exact) mass is 550 g/mol. The topological polar surface area (TPSA) is 158 Å². The molecule has 0 aromatic carbocycles. The van der Waals surface area contributed by atoms with Crippen molar-refractivity contribution in [3.05, 3.63) is 6.33 Å². The van der Waals surface area contributed by atoms with E-state index in [-0.39, 0.29) is 43.3 Å². The predicted molar refractivity (Wildman–Crippen MR) is 142 cm³/mol. The average Bonchev–Trinajstić information content (AvgIpc) is 3.48. The lowest BCUT2D eigenvalue weighted by Crippen LogP contribution is -2.35. The van der Waals surface area contributed by atoms with Gasteiger partial charge in [0.15, 0.2) is 17.0 Å². The summed E-state index contributed by atoms with van der Waals surface area (Å²) in [6, 6.07) is 0. The minimum absolute atomic E-state index is 0.139. The number of halogens is 1. The number of nitrogens with zero attached hydrogens (tertiary/aromatic N) is 4. The molecule has 2 aromatic rings. The van der Waals surface area contributed by atoms with Crippen LogP contribution in [0.15, 0.2) is 6.33 Å². The molecule has 3 rings (SSSR count). The van der Waals surface area contributed by atoms with Crippen LogP contribution >= 0.6 is 0 Å². The lowest BCUT2D eigenvalue weighted by Gasteiger charge is -2.27. The molecule has 1 fully saturated rings. The van der Waals surface area contributed by atoms with E-state index >= 15 is 0 Å². The SMILES string of the molecule is CNc1nc(NC(=O)CC(C)C)nc2c1ncn2[C@H]1CC(C[C@H]([C@H](COC(=O)C(C)C)C(=O)O)[C@@H](C)F)CO1. The van der Waals surface area contributed by atoms with E-state index in [9.17, 15) is 23.9 Å². The average molecular weight is 551 g/mol. The molecular weight excluding hydrogens is 511 g/mol. The Bertz CT molecular complexity index is 1170. The second-order valence-electron chi connectivity index (χ2n) is 10.8. The van der Waals surface area contributed by atoms with E-state index in [4.69, 9.17) is 9.47 Å². The fraction of sp³-hybridized carbons (Fsp3) is 0.692. The fourth-order valence-corrected chi connectivity index (χ4v) is 4.70. The molecule has 0 saturated carbocycles. The van der Waals surface area contributed by atoms with Gasteiger partial charge in [0.2, 0.25) is 11.9 Å². The van der Waals surface area contributed by atoms with Crippen molar-refractivity contribution in [1.82, 2.24) is 19.5 Å². The highest BCUT2D eigenvalue weighted by Crippen LogP contribution is 2.37. The van der Waals surface area contributed by atoms with Crippen molar-refractivity contribution in [3.63, 3.8) is 0 Å². The number of carboxylic acids is 1. The van der Waals surface area contributed by atoms with Crippen LogP contribution in [0.1, 0.15) is 60.1 Å². The highest BCUT2D eigenvalue weighted by molar-refractivity contribution is 5.91. The molecule has 2 aromatic heterocycles. The van der Waals surface area contributed by atoms with Crippen molar-refractivity contribution >= 4 is 40.8 Å². The second kappa shape index (κ2) is 13.1. The van der Waals surface area contributed by atoms with E-state index in [0.29, 0.717) is 29.8 Å². The Morgan fingerprint density at radius 1 is 1.23 bits per heavy atom. The van der Waals surface area contributed by atoms with Crippen LogP contribution in [0.25, 0.3) is 11.2 Å². The molecule has 0 bridgehead atoms. The van der Waals surface area contributed by atoms with Gasteiger partial charge in [0.25, 0.3) is 0 Å².